The van der Waals surface area contributed by atoms with Gasteiger partial charge in [0.25, 0.3) is 0 Å². The predicted molar refractivity (Wildman–Crippen MR) is 75.4 cm³/mol. The number of carbonyl (C=O) groups is 2. The van der Waals surface area contributed by atoms with E-state index in [2.05, 4.69) is 6.58 Å². The molecule has 7 heteroatoms. The van der Waals surface area contributed by atoms with Crippen LogP contribution in [0.25, 0.3) is 0 Å². The van der Waals surface area contributed by atoms with Gasteiger partial charge in [-0.15, -0.1) is 6.58 Å². The summed E-state index contributed by atoms with van der Waals surface area (Å²) in [6.45, 7) is 8.48. The van der Waals surface area contributed by atoms with E-state index in [1.807, 2.05) is 0 Å². The second-order valence-electron chi connectivity index (χ2n) is 7.55. The van der Waals surface area contributed by atoms with Crippen LogP contribution < -0.4 is 0 Å². The molecule has 0 radical (unpaired) electrons. The Bertz CT molecular complexity index is 541. The summed E-state index contributed by atoms with van der Waals surface area (Å²) in [5.41, 5.74) is -4.00. The average molecular weight is 334 g/mol. The van der Waals surface area contributed by atoms with E-state index in [4.69, 9.17) is 4.74 Å². The summed E-state index contributed by atoms with van der Waals surface area (Å²) in [6.07, 6.45) is -4.02. The maximum Gasteiger partial charge on any atom is 0.391 e. The molecule has 130 valence electrons. The first-order valence-corrected chi connectivity index (χ1v) is 7.46. The van der Waals surface area contributed by atoms with Crippen molar-refractivity contribution in [2.24, 2.45) is 22.7 Å². The van der Waals surface area contributed by atoms with E-state index in [9.17, 15) is 27.9 Å². The smallest absolute Gasteiger partial charge is 0.391 e. The maximum atomic E-state index is 12.8. The first-order chi connectivity index (χ1) is 10.3. The van der Waals surface area contributed by atoms with Crippen molar-refractivity contribution in [1.29, 1.82) is 0 Å². The lowest BCUT2D eigenvalue weighted by molar-refractivity contribution is -0.240. The molecule has 0 aliphatic heterocycles. The summed E-state index contributed by atoms with van der Waals surface area (Å²) in [5, 5.41) is 9.59. The topological polar surface area (TPSA) is 63.6 Å². The van der Waals surface area contributed by atoms with Crippen molar-refractivity contribution in [1.82, 2.24) is 0 Å². The lowest BCUT2D eigenvalue weighted by atomic mass is 9.53. The Kier molecular flexibility index (Phi) is 3.86. The molecule has 2 rings (SSSR count). The Labute approximate surface area is 132 Å². The van der Waals surface area contributed by atoms with Crippen LogP contribution in [0.15, 0.2) is 12.7 Å². The Hall–Kier alpha value is -1.53. The van der Waals surface area contributed by atoms with Gasteiger partial charge in [-0.2, -0.15) is 13.2 Å². The van der Waals surface area contributed by atoms with E-state index in [1.54, 1.807) is 20.8 Å². The third-order valence-electron chi connectivity index (χ3n) is 4.98. The fourth-order valence-electron chi connectivity index (χ4n) is 3.66. The van der Waals surface area contributed by atoms with E-state index in [0.717, 1.165) is 0 Å². The van der Waals surface area contributed by atoms with Crippen LogP contribution in [0.3, 0.4) is 0 Å². The lowest BCUT2D eigenvalue weighted by Crippen LogP contribution is -2.58. The van der Waals surface area contributed by atoms with Crippen molar-refractivity contribution in [3.8, 4) is 0 Å². The second-order valence-corrected chi connectivity index (χ2v) is 7.55. The Balaban J connectivity index is 2.35. The molecule has 0 aromatic heterocycles. The van der Waals surface area contributed by atoms with Gasteiger partial charge in [-0.3, -0.25) is 9.59 Å². The number of hydrogen-bond acceptors (Lipinski definition) is 3. The highest BCUT2D eigenvalue weighted by atomic mass is 19.4. The third kappa shape index (κ3) is 2.64. The molecule has 2 atom stereocenters. The molecule has 0 heterocycles. The van der Waals surface area contributed by atoms with Crippen molar-refractivity contribution in [3.63, 3.8) is 0 Å². The summed E-state index contributed by atoms with van der Waals surface area (Å²) >= 11 is 0. The van der Waals surface area contributed by atoms with Crippen LogP contribution in [0, 0.1) is 22.7 Å². The van der Waals surface area contributed by atoms with Gasteiger partial charge >= 0.3 is 18.1 Å². The van der Waals surface area contributed by atoms with Crippen LogP contribution in [0.2, 0.25) is 0 Å². The summed E-state index contributed by atoms with van der Waals surface area (Å²) < 4.78 is 43.8. The highest BCUT2D eigenvalue weighted by Gasteiger charge is 2.79. The predicted octanol–water partition coefficient (Wildman–Crippen LogP) is 3.56. The first-order valence-electron chi connectivity index (χ1n) is 7.46. The molecule has 1 unspecified atom stereocenters. The number of ether oxygens (including phenoxy) is 1. The van der Waals surface area contributed by atoms with Gasteiger partial charge in [0.1, 0.15) is 5.60 Å². The average Bonchev–Trinajstić information content (AvgIpc) is 2.98. The van der Waals surface area contributed by atoms with Crippen molar-refractivity contribution >= 4 is 11.9 Å². The quantitative estimate of drug-likeness (QED) is 0.631. The van der Waals surface area contributed by atoms with Crippen molar-refractivity contribution in [3.05, 3.63) is 12.7 Å². The number of carbonyl (C=O) groups excluding carboxylic acids is 1. The van der Waals surface area contributed by atoms with Crippen LogP contribution in [0.5, 0.6) is 0 Å². The first kappa shape index (κ1) is 17.8. The van der Waals surface area contributed by atoms with Crippen LogP contribution >= 0.6 is 0 Å². The molecule has 0 bridgehead atoms. The molecule has 2 fully saturated rings. The fourth-order valence-corrected chi connectivity index (χ4v) is 3.66. The van der Waals surface area contributed by atoms with Crippen molar-refractivity contribution in [2.45, 2.75) is 51.8 Å². The Morgan fingerprint density at radius 3 is 2.04 bits per heavy atom. The number of aliphatic carboxylic acids is 1. The molecule has 2 aliphatic carbocycles. The molecular weight excluding hydrogens is 313 g/mol. The maximum absolute atomic E-state index is 12.8. The van der Waals surface area contributed by atoms with E-state index in [-0.39, 0.29) is 6.42 Å². The van der Waals surface area contributed by atoms with Gasteiger partial charge in [0, 0.05) is 0 Å². The van der Waals surface area contributed by atoms with Crippen LogP contribution in [0.1, 0.15) is 40.0 Å². The molecule has 0 saturated heterocycles. The van der Waals surface area contributed by atoms with Gasteiger partial charge in [0.05, 0.1) is 16.7 Å². The molecule has 0 aromatic rings. The summed E-state index contributed by atoms with van der Waals surface area (Å²) in [6, 6.07) is 0. The van der Waals surface area contributed by atoms with Crippen LogP contribution in [-0.2, 0) is 14.3 Å². The largest absolute Gasteiger partial charge is 0.481 e. The van der Waals surface area contributed by atoms with Gasteiger partial charge < -0.3 is 9.84 Å². The summed E-state index contributed by atoms with van der Waals surface area (Å²) in [5.74, 6) is -4.27. The highest BCUT2D eigenvalue weighted by molar-refractivity contribution is 5.92. The molecule has 23 heavy (non-hydrogen) atoms. The minimum absolute atomic E-state index is 0.169. The van der Waals surface area contributed by atoms with Gasteiger partial charge in [-0.1, -0.05) is 6.08 Å². The number of carboxylic acids is 1. The van der Waals surface area contributed by atoms with Crippen molar-refractivity contribution in [2.75, 3.05) is 0 Å². The number of halogens is 3. The minimum atomic E-state index is -4.45. The molecular formula is C16H21F3O4. The number of carboxylic acid groups (broad SMARTS) is 1. The zero-order valence-electron chi connectivity index (χ0n) is 13.4. The number of allylic oxidation sites excluding steroid dienone is 1. The third-order valence-corrected chi connectivity index (χ3v) is 4.98. The van der Waals surface area contributed by atoms with E-state index >= 15 is 0 Å². The number of alkyl halides is 3. The fraction of sp³-hybridized carbons (Fsp3) is 0.750. The van der Waals surface area contributed by atoms with Gasteiger partial charge in [-0.25, -0.2) is 0 Å². The van der Waals surface area contributed by atoms with E-state index in [0.29, 0.717) is 0 Å². The highest BCUT2D eigenvalue weighted by Crippen LogP contribution is 2.73. The normalized spacial score (nSPS) is 36.8. The zero-order valence-corrected chi connectivity index (χ0v) is 13.4. The number of rotatable bonds is 4. The van der Waals surface area contributed by atoms with Gasteiger partial charge in [0.15, 0.2) is 0 Å². The Morgan fingerprint density at radius 1 is 1.22 bits per heavy atom. The Morgan fingerprint density at radius 2 is 1.74 bits per heavy atom. The van der Waals surface area contributed by atoms with Crippen LogP contribution in [-0.4, -0.2) is 28.8 Å². The van der Waals surface area contributed by atoms with Gasteiger partial charge in [0.2, 0.25) is 0 Å². The van der Waals surface area contributed by atoms with E-state index < -0.39 is 59.2 Å². The molecule has 0 aromatic carbocycles. The minimum Gasteiger partial charge on any atom is -0.481 e. The van der Waals surface area contributed by atoms with Crippen molar-refractivity contribution < 1.29 is 32.6 Å². The summed E-state index contributed by atoms with van der Waals surface area (Å²) in [4.78, 5) is 24.4. The van der Waals surface area contributed by atoms with Crippen LogP contribution in [0.4, 0.5) is 13.2 Å². The van der Waals surface area contributed by atoms with Gasteiger partial charge in [-0.05, 0) is 46.0 Å². The molecule has 2 aliphatic rings. The molecule has 4 nitrogen and oxygen atoms in total. The lowest BCUT2D eigenvalue weighted by Gasteiger charge is -2.49. The number of esters is 1. The van der Waals surface area contributed by atoms with E-state index in [1.165, 1.54) is 6.08 Å². The summed E-state index contributed by atoms with van der Waals surface area (Å²) in [7, 11) is 0. The molecule has 1 N–H and O–H groups in total. The molecule has 0 amide bonds. The standard InChI is InChI=1S/C16H21F3O4/c1-5-9-8-15(9,12(22)23-13(2,3)4)14(11(20)21)6-10(7-14)16(17,18)19/h5,9-10H,1,6-8H2,2-4H3,(H,20,21)/t9-,10?,14?,15?/m1/s1. The zero-order chi connectivity index (χ0) is 17.8. The monoisotopic (exact) mass is 334 g/mol. The second kappa shape index (κ2) is 4.98. The number of hydrogen-bond donors (Lipinski definition) is 1. The molecule has 2 saturated carbocycles. The molecule has 0 spiro atoms. The SMILES string of the molecule is C=C[C@@H]1CC1(C(=O)OC(C)(C)C)C1(C(=O)O)CC(C(F)(F)F)C1.